The number of ether oxygens (including phenoxy) is 2. The summed E-state index contributed by atoms with van der Waals surface area (Å²) in [5.74, 6) is -7.01. The first kappa shape index (κ1) is 122. The summed E-state index contributed by atoms with van der Waals surface area (Å²) >= 11 is 0. The van der Waals surface area contributed by atoms with Crippen molar-refractivity contribution in [3.63, 3.8) is 0 Å². The second-order valence-corrected chi connectivity index (χ2v) is 21.4. The molecule has 40 heteroatoms. The Bertz CT molecular complexity index is 2140. The molecule has 6 rings (SSSR count). The van der Waals surface area contributed by atoms with E-state index in [1.165, 1.54) is 71.7 Å². The first-order chi connectivity index (χ1) is 44.7. The van der Waals surface area contributed by atoms with Gasteiger partial charge in [0.2, 0.25) is 35.7 Å². The number of hydrogen-bond donors (Lipinski definition) is 0. The molecule has 6 saturated heterocycles. The number of piperazine rings is 2. The maximum absolute atomic E-state index is 12.5. The Kier molecular flexibility index (Phi) is 90.9. The van der Waals surface area contributed by atoms with E-state index in [1.807, 2.05) is 14.1 Å². The standard InChI is InChI=1S/C7H12F2N2.C7H13FN2.C6H9F2NO.C6H9F2N.C6H10FNO.C6H10FN.3C4H7F2N.3C4H8FN.6FH/c1-10-2-4-11(5-3-10)7(9)6-8;1-7(8)10-5-3-9(2)4-6-10;7-5-6(8)9-1-3-10-4-2-9;7-5-6(8)9-3-1-2-4-9;1-6(7)8-2-4-9-5-3-8;1-6(7)8-4-2-3-5-8;3*1-7(2)4(6)3-5;3*1-4(5)6(2)3;;;;;;/h6H,2-5H2,1H3;1,3-6H2,2H3;5H,1-4H2;5H,1-4H2;1-5H2;1-5H2;3*3H,1-2H3;3*1H2,2-3H3;6*1H/b7-6+;;6-5+;6-5-;;;3*4-3+;;;;;;;;;. The Morgan fingerprint density at radius 2 is 0.431 bits per heavy atom. The van der Waals surface area contributed by atoms with Gasteiger partial charge in [0, 0.05) is 189 Å². The van der Waals surface area contributed by atoms with Crippen molar-refractivity contribution in [2.24, 2.45) is 0 Å². The normalized spacial score (nSPS) is 15.5. The van der Waals surface area contributed by atoms with E-state index in [0.717, 1.165) is 92.7 Å². The second kappa shape index (κ2) is 76.3. The molecular formula is C62H114F24N14O2. The van der Waals surface area contributed by atoms with E-state index < -0.39 is 53.6 Å². The SMILES string of the molecule is C=C(F)N(C)C.C=C(F)N(C)C.C=C(F)N(C)C.C=C(F)N1CCCC1.C=C(F)N1CCN(C)CC1.C=C(F)N1CCOCC1.CN(C)/C(F)=C/F.CN(C)/C(F)=C/F.CN(C)/C(F)=C/F.CN1CCN(/C(F)=C/F)CC1.F.F.F.F.F.F.F/C=C(/F)N1CCCC1.F/C=C(\F)N1CCOCC1. The van der Waals surface area contributed by atoms with Crippen LogP contribution in [-0.2, 0) is 9.47 Å². The van der Waals surface area contributed by atoms with Crippen molar-refractivity contribution in [3.8, 4) is 0 Å². The third-order valence-electron chi connectivity index (χ3n) is 12.5. The van der Waals surface area contributed by atoms with Gasteiger partial charge in [0.05, 0.1) is 26.4 Å². The van der Waals surface area contributed by atoms with Crippen LogP contribution in [0.25, 0.3) is 0 Å². The van der Waals surface area contributed by atoms with Gasteiger partial charge in [-0.05, 0) is 79.3 Å². The Balaban J connectivity index is -0.0000000866. The third kappa shape index (κ3) is 73.8. The fraction of sp³-hybridized carbons (Fsp3) is 0.613. The molecule has 0 saturated carbocycles. The van der Waals surface area contributed by atoms with Crippen LogP contribution >= 0.6 is 0 Å². The van der Waals surface area contributed by atoms with Crippen molar-refractivity contribution in [3.05, 3.63) is 149 Å². The van der Waals surface area contributed by atoms with E-state index in [1.54, 1.807) is 57.0 Å². The molecule has 6 fully saturated rings. The molecule has 0 aromatic heterocycles. The molecule has 0 aromatic rings. The van der Waals surface area contributed by atoms with E-state index in [9.17, 15) is 79.0 Å². The van der Waals surface area contributed by atoms with E-state index in [2.05, 4.69) is 49.3 Å². The summed E-state index contributed by atoms with van der Waals surface area (Å²) in [6.07, 6.45) is 3.94. The van der Waals surface area contributed by atoms with Crippen LogP contribution in [0.3, 0.4) is 0 Å². The number of halogens is 24. The van der Waals surface area contributed by atoms with E-state index in [-0.39, 0.29) is 84.1 Å². The number of likely N-dealkylation sites (N-methyl/N-ethyl adjacent to an activating group) is 2. The minimum absolute atomic E-state index is 0. The maximum Gasteiger partial charge on any atom is 0.218 e. The average Bonchev–Trinajstić information content (AvgIpc) is 1.27. The Morgan fingerprint density at radius 3 is 0.588 bits per heavy atom. The second-order valence-electron chi connectivity index (χ2n) is 21.4. The monoisotopic (exact) mass is 1540 g/mol. The fourth-order valence-corrected chi connectivity index (χ4v) is 6.04. The van der Waals surface area contributed by atoms with Crippen molar-refractivity contribution in [2.75, 3.05) is 230 Å². The van der Waals surface area contributed by atoms with Crippen LogP contribution in [0, 0.1) is 0 Å². The Morgan fingerprint density at radius 1 is 0.265 bits per heavy atom. The zero-order valence-electron chi connectivity index (χ0n) is 61.0. The van der Waals surface area contributed by atoms with Gasteiger partial charge in [-0.2, -0.15) is 52.7 Å². The average molecular weight is 1540 g/mol. The summed E-state index contributed by atoms with van der Waals surface area (Å²) in [5, 5.41) is 0. The number of nitrogens with zero attached hydrogens (tertiary/aromatic N) is 14. The molecule has 0 radical (unpaired) electrons. The van der Waals surface area contributed by atoms with Gasteiger partial charge < -0.3 is 78.1 Å². The van der Waals surface area contributed by atoms with Crippen LogP contribution in [0.4, 0.5) is 107 Å². The fourth-order valence-electron chi connectivity index (χ4n) is 6.04. The lowest BCUT2D eigenvalue weighted by molar-refractivity contribution is 0.0414. The molecule has 0 spiro atoms. The molecule has 0 amide bonds. The molecule has 0 unspecified atom stereocenters. The Hall–Kier alpha value is -7.36. The van der Waals surface area contributed by atoms with Crippen molar-refractivity contribution in [2.45, 2.75) is 25.7 Å². The summed E-state index contributed by atoms with van der Waals surface area (Å²) in [4.78, 5) is 20.3. The summed E-state index contributed by atoms with van der Waals surface area (Å²) in [6.45, 7) is 32.1. The number of likely N-dealkylation sites (tertiary alicyclic amines) is 2. The molecule has 0 N–H and O–H groups in total. The highest BCUT2D eigenvalue weighted by molar-refractivity contribution is 4.91. The molecule has 0 aromatic carbocycles. The molecule has 6 aliphatic rings. The number of rotatable bonds is 12. The summed E-state index contributed by atoms with van der Waals surface area (Å²) in [5.41, 5.74) is 0. The molecule has 0 atom stereocenters. The summed E-state index contributed by atoms with van der Waals surface area (Å²) in [7, 11) is 22.1. The van der Waals surface area contributed by atoms with Crippen LogP contribution in [0.15, 0.2) is 149 Å². The van der Waals surface area contributed by atoms with Crippen LogP contribution in [0.1, 0.15) is 25.7 Å². The maximum atomic E-state index is 12.5. The molecule has 16 nitrogen and oxygen atoms in total. The highest BCUT2D eigenvalue weighted by Gasteiger charge is 2.18. The van der Waals surface area contributed by atoms with Gasteiger partial charge in [0.15, 0.2) is 35.7 Å². The van der Waals surface area contributed by atoms with E-state index >= 15 is 0 Å². The van der Waals surface area contributed by atoms with Crippen molar-refractivity contribution < 1.29 is 117 Å². The van der Waals surface area contributed by atoms with Crippen molar-refractivity contribution in [1.82, 2.24) is 68.6 Å². The number of hydrogen-bond acceptors (Lipinski definition) is 16. The predicted molar refractivity (Wildman–Crippen MR) is 365 cm³/mol. The highest BCUT2D eigenvalue weighted by Crippen LogP contribution is 2.16. The first-order valence-corrected chi connectivity index (χ1v) is 29.6. The summed E-state index contributed by atoms with van der Waals surface area (Å²) in [6, 6.07) is 0. The van der Waals surface area contributed by atoms with Crippen LogP contribution in [-0.4, -0.2) is 298 Å². The van der Waals surface area contributed by atoms with Crippen LogP contribution in [0.5, 0.6) is 0 Å². The van der Waals surface area contributed by atoms with Gasteiger partial charge in [-0.25, -0.2) is 26.3 Å². The third-order valence-corrected chi connectivity index (χ3v) is 12.5. The van der Waals surface area contributed by atoms with Crippen molar-refractivity contribution >= 4 is 0 Å². The van der Waals surface area contributed by atoms with Gasteiger partial charge in [-0.1, -0.05) is 0 Å². The molecule has 612 valence electrons. The quantitative estimate of drug-likeness (QED) is 0.137. The minimum Gasteiger partial charge on any atom is -0.378 e. The lowest BCUT2D eigenvalue weighted by Crippen LogP contribution is -2.43. The lowest BCUT2D eigenvalue weighted by Gasteiger charge is -2.32. The molecule has 102 heavy (non-hydrogen) atoms. The zero-order valence-corrected chi connectivity index (χ0v) is 61.0. The Labute approximate surface area is 588 Å². The summed E-state index contributed by atoms with van der Waals surface area (Å²) < 4.78 is 221. The largest absolute Gasteiger partial charge is 0.378 e. The van der Waals surface area contributed by atoms with Crippen LogP contribution < -0.4 is 0 Å². The van der Waals surface area contributed by atoms with E-state index in [0.29, 0.717) is 78.8 Å². The molecule has 0 aliphatic carbocycles. The van der Waals surface area contributed by atoms with Crippen molar-refractivity contribution in [1.29, 1.82) is 0 Å². The van der Waals surface area contributed by atoms with Gasteiger partial charge >= 0.3 is 0 Å². The molecule has 0 bridgehead atoms. The molecular weight excluding hydrogens is 1430 g/mol. The molecule has 6 aliphatic heterocycles. The smallest absolute Gasteiger partial charge is 0.218 e. The van der Waals surface area contributed by atoms with Gasteiger partial charge in [0.1, 0.15) is 38.0 Å². The number of morpholine rings is 2. The highest BCUT2D eigenvalue weighted by atomic mass is 19.2. The molecule has 6 heterocycles. The first-order valence-electron chi connectivity index (χ1n) is 29.6. The van der Waals surface area contributed by atoms with Gasteiger partial charge in [-0.3, -0.25) is 28.2 Å². The van der Waals surface area contributed by atoms with Gasteiger partial charge in [0.25, 0.3) is 0 Å². The minimum atomic E-state index is -0.861. The zero-order chi connectivity index (χ0) is 75.6. The topological polar surface area (TPSA) is 63.8 Å². The van der Waals surface area contributed by atoms with Gasteiger partial charge in [-0.15, -0.1) is 0 Å². The van der Waals surface area contributed by atoms with E-state index in [4.69, 9.17) is 9.47 Å². The lowest BCUT2D eigenvalue weighted by atomic mass is 10.3. The predicted octanol–water partition coefficient (Wildman–Crippen LogP) is 14.5. The van der Waals surface area contributed by atoms with Crippen LogP contribution in [0.2, 0.25) is 0 Å².